The van der Waals surface area contributed by atoms with E-state index < -0.39 is 9.84 Å². The first kappa shape index (κ1) is 20.2. The van der Waals surface area contributed by atoms with Crippen LogP contribution in [0.2, 0.25) is 0 Å². The fraction of sp³-hybridized carbons (Fsp3) is 0.476. The Balaban J connectivity index is 1.55. The fourth-order valence-electron chi connectivity index (χ4n) is 3.74. The van der Waals surface area contributed by atoms with Crippen molar-refractivity contribution in [1.29, 1.82) is 0 Å². The Hall–Kier alpha value is -2.06. The Morgan fingerprint density at radius 1 is 1.21 bits per heavy atom. The third-order valence-corrected chi connectivity index (χ3v) is 8.73. The van der Waals surface area contributed by atoms with E-state index in [1.165, 1.54) is 11.3 Å². The normalized spacial score (nSPS) is 19.5. The Morgan fingerprint density at radius 3 is 2.48 bits per heavy atom. The molecule has 1 aromatic heterocycles. The number of aryl methyl sites for hydroxylation is 1. The fourth-order valence-corrected chi connectivity index (χ4v) is 6.19. The van der Waals surface area contributed by atoms with Crippen LogP contribution in [0.25, 0.3) is 0 Å². The number of ketones is 1. The molecule has 2 aromatic rings. The summed E-state index contributed by atoms with van der Waals surface area (Å²) < 4.78 is 24.9. The second-order valence-corrected chi connectivity index (χ2v) is 11.3. The molecule has 0 bridgehead atoms. The molecule has 4 rings (SSSR count). The number of Topliss-reactive ketones (excluding diaryl/α,β-unsaturated/α-hetero) is 1. The van der Waals surface area contributed by atoms with E-state index in [2.05, 4.69) is 4.98 Å². The summed E-state index contributed by atoms with van der Waals surface area (Å²) >= 11 is 1.42. The first-order valence-electron chi connectivity index (χ1n) is 9.95. The van der Waals surface area contributed by atoms with E-state index in [-0.39, 0.29) is 22.9 Å². The van der Waals surface area contributed by atoms with Crippen LogP contribution in [-0.4, -0.2) is 30.3 Å². The molecule has 0 spiro atoms. The van der Waals surface area contributed by atoms with Gasteiger partial charge >= 0.3 is 0 Å². The number of thiazole rings is 1. The zero-order valence-corrected chi connectivity index (χ0v) is 18.0. The molecule has 0 N–H and O–H groups in total. The second kappa shape index (κ2) is 7.99. The van der Waals surface area contributed by atoms with Crippen LogP contribution in [0, 0.1) is 12.8 Å². The monoisotopic (exact) mass is 432 g/mol. The number of rotatable bonds is 7. The van der Waals surface area contributed by atoms with E-state index >= 15 is 0 Å². The topological polar surface area (TPSA) is 84.4 Å². The number of amides is 1. The molecule has 2 aliphatic rings. The average Bonchev–Trinajstić information content (AvgIpc) is 3.36. The molecule has 0 saturated heterocycles. The van der Waals surface area contributed by atoms with Crippen LogP contribution < -0.4 is 4.90 Å². The molecule has 8 heteroatoms. The summed E-state index contributed by atoms with van der Waals surface area (Å²) in [6.07, 6.45) is 6.21. The van der Waals surface area contributed by atoms with Gasteiger partial charge in [0.15, 0.2) is 15.0 Å². The molecule has 1 aromatic carbocycles. The summed E-state index contributed by atoms with van der Waals surface area (Å²) in [4.78, 5) is 31.8. The Labute approximate surface area is 174 Å². The number of sulfone groups is 1. The number of carbonyl (C=O) groups is 2. The second-order valence-electron chi connectivity index (χ2n) is 7.91. The summed E-state index contributed by atoms with van der Waals surface area (Å²) in [7, 11) is -3.26. The van der Waals surface area contributed by atoms with E-state index in [9.17, 15) is 18.0 Å². The number of nitrogens with zero attached hydrogens (tertiary/aromatic N) is 2. The van der Waals surface area contributed by atoms with E-state index in [0.717, 1.165) is 24.1 Å². The van der Waals surface area contributed by atoms with Crippen molar-refractivity contribution in [3.05, 3.63) is 35.3 Å². The highest BCUT2D eigenvalue weighted by atomic mass is 32.2. The van der Waals surface area contributed by atoms with Crippen molar-refractivity contribution < 1.29 is 18.0 Å². The SMILES string of the molecule is Cc1cnc(N(C(=O)CCC2CCC(=O)C2)c2ccc(S(=O)(=O)C3CC3)cc2)s1. The van der Waals surface area contributed by atoms with Crippen LogP contribution in [0.4, 0.5) is 10.8 Å². The quantitative estimate of drug-likeness (QED) is 0.655. The number of hydrogen-bond acceptors (Lipinski definition) is 6. The number of anilines is 2. The van der Waals surface area contributed by atoms with Gasteiger partial charge in [-0.3, -0.25) is 14.5 Å². The minimum atomic E-state index is -3.26. The van der Waals surface area contributed by atoms with Crippen LogP contribution in [0.3, 0.4) is 0 Å². The van der Waals surface area contributed by atoms with Gasteiger partial charge in [-0.1, -0.05) is 0 Å². The molecule has 29 heavy (non-hydrogen) atoms. The number of aromatic nitrogens is 1. The molecule has 6 nitrogen and oxygen atoms in total. The van der Waals surface area contributed by atoms with Crippen molar-refractivity contribution in [3.63, 3.8) is 0 Å². The van der Waals surface area contributed by atoms with Gasteiger partial charge in [0.05, 0.1) is 15.8 Å². The maximum atomic E-state index is 13.1. The molecule has 1 unspecified atom stereocenters. The van der Waals surface area contributed by atoms with Crippen LogP contribution in [0.15, 0.2) is 35.4 Å². The van der Waals surface area contributed by atoms with Gasteiger partial charge in [0.25, 0.3) is 0 Å². The van der Waals surface area contributed by atoms with Crippen molar-refractivity contribution in [2.24, 2.45) is 5.92 Å². The minimum absolute atomic E-state index is 0.0866. The highest BCUT2D eigenvalue weighted by Crippen LogP contribution is 2.36. The van der Waals surface area contributed by atoms with E-state index in [0.29, 0.717) is 41.4 Å². The zero-order chi connectivity index (χ0) is 20.6. The van der Waals surface area contributed by atoms with Gasteiger partial charge in [0.1, 0.15) is 5.78 Å². The molecular weight excluding hydrogens is 408 g/mol. The molecular formula is C21H24N2O4S2. The number of hydrogen-bond donors (Lipinski definition) is 0. The molecule has 1 amide bonds. The van der Waals surface area contributed by atoms with E-state index in [1.54, 1.807) is 35.4 Å². The van der Waals surface area contributed by atoms with Crippen molar-refractivity contribution in [3.8, 4) is 0 Å². The third-order valence-electron chi connectivity index (χ3n) is 5.55. The number of benzene rings is 1. The van der Waals surface area contributed by atoms with Crippen LogP contribution in [-0.2, 0) is 19.4 Å². The molecule has 1 atom stereocenters. The Bertz CT molecular complexity index is 1020. The lowest BCUT2D eigenvalue weighted by Crippen LogP contribution is -2.26. The third kappa shape index (κ3) is 4.43. The lowest BCUT2D eigenvalue weighted by molar-refractivity contribution is -0.119. The maximum absolute atomic E-state index is 13.1. The van der Waals surface area contributed by atoms with Gasteiger partial charge in [0, 0.05) is 30.3 Å². The number of carbonyl (C=O) groups excluding carboxylic acids is 2. The van der Waals surface area contributed by atoms with Crippen molar-refractivity contribution in [2.45, 2.75) is 62.0 Å². The molecule has 2 aliphatic carbocycles. The predicted octanol–water partition coefficient (Wildman–Crippen LogP) is 4.20. The average molecular weight is 433 g/mol. The van der Waals surface area contributed by atoms with Gasteiger partial charge in [-0.25, -0.2) is 13.4 Å². The summed E-state index contributed by atoms with van der Waals surface area (Å²) in [5.74, 6) is 0.469. The first-order valence-corrected chi connectivity index (χ1v) is 12.3. The Morgan fingerprint density at radius 2 is 1.93 bits per heavy atom. The lowest BCUT2D eigenvalue weighted by Gasteiger charge is -2.21. The Kier molecular flexibility index (Phi) is 5.57. The molecule has 2 fully saturated rings. The molecule has 0 aliphatic heterocycles. The maximum Gasteiger partial charge on any atom is 0.233 e. The zero-order valence-electron chi connectivity index (χ0n) is 16.3. The summed E-state index contributed by atoms with van der Waals surface area (Å²) in [6.45, 7) is 1.93. The van der Waals surface area contributed by atoms with Crippen molar-refractivity contribution >= 4 is 43.7 Å². The molecule has 154 valence electrons. The van der Waals surface area contributed by atoms with E-state index in [1.807, 2.05) is 6.92 Å². The summed E-state index contributed by atoms with van der Waals surface area (Å²) in [6, 6.07) is 6.53. The largest absolute Gasteiger partial charge is 0.300 e. The molecule has 1 heterocycles. The van der Waals surface area contributed by atoms with Crippen LogP contribution >= 0.6 is 11.3 Å². The first-order chi connectivity index (χ1) is 13.8. The smallest absolute Gasteiger partial charge is 0.233 e. The molecule has 0 radical (unpaired) electrons. The van der Waals surface area contributed by atoms with Gasteiger partial charge in [-0.05, 0) is 62.8 Å². The van der Waals surface area contributed by atoms with Crippen LogP contribution in [0.1, 0.15) is 49.8 Å². The summed E-state index contributed by atoms with van der Waals surface area (Å²) in [5, 5.41) is 0.314. The minimum Gasteiger partial charge on any atom is -0.300 e. The highest BCUT2D eigenvalue weighted by molar-refractivity contribution is 7.92. The van der Waals surface area contributed by atoms with Crippen molar-refractivity contribution in [1.82, 2.24) is 4.98 Å². The lowest BCUT2D eigenvalue weighted by atomic mass is 10.0. The van der Waals surface area contributed by atoms with Gasteiger partial charge in [-0.2, -0.15) is 0 Å². The summed E-state index contributed by atoms with van der Waals surface area (Å²) in [5.41, 5.74) is 0.613. The molecule has 2 saturated carbocycles. The predicted molar refractivity (Wildman–Crippen MR) is 112 cm³/mol. The highest BCUT2D eigenvalue weighted by Gasteiger charge is 2.37. The van der Waals surface area contributed by atoms with Crippen LogP contribution in [0.5, 0.6) is 0 Å². The van der Waals surface area contributed by atoms with Gasteiger partial charge in [0.2, 0.25) is 5.91 Å². The van der Waals surface area contributed by atoms with Crippen molar-refractivity contribution in [2.75, 3.05) is 4.90 Å². The van der Waals surface area contributed by atoms with Gasteiger partial charge < -0.3 is 0 Å². The van der Waals surface area contributed by atoms with Gasteiger partial charge in [-0.15, -0.1) is 11.3 Å². The standard InChI is InChI=1S/C21H24N2O4S2/c1-14-13-22-21(28-14)23(20(25)11-3-15-2-6-17(24)12-15)16-4-7-18(8-5-16)29(26,27)19-9-10-19/h4-5,7-8,13,15,19H,2-3,6,9-12H2,1H3. The van der Waals surface area contributed by atoms with E-state index in [4.69, 9.17) is 0 Å².